The fraction of sp³-hybridized carbons (Fsp3) is 0.250. The van der Waals surface area contributed by atoms with Crippen LogP contribution in [0.4, 0.5) is 10.1 Å². The summed E-state index contributed by atoms with van der Waals surface area (Å²) in [5, 5.41) is 0. The molecule has 1 aromatic rings. The Balaban J connectivity index is 2.41. The Hall–Kier alpha value is -0.680. The third-order valence-electron chi connectivity index (χ3n) is 2.74. The molecule has 0 radical (unpaired) electrons. The molecule has 17 heavy (non-hydrogen) atoms. The number of hydrogen-bond acceptors (Lipinski definition) is 1. The zero-order chi connectivity index (χ0) is 12.6. The van der Waals surface area contributed by atoms with Crippen LogP contribution in [0.2, 0.25) is 0 Å². The van der Waals surface area contributed by atoms with E-state index in [0.717, 1.165) is 0 Å². The molecule has 1 fully saturated rings. The fourth-order valence-electron chi connectivity index (χ4n) is 1.90. The molecule has 1 unspecified atom stereocenters. The number of benzene rings is 1. The predicted octanol–water partition coefficient (Wildman–Crippen LogP) is 3.89. The van der Waals surface area contributed by atoms with Gasteiger partial charge in [-0.05, 0) is 44.0 Å². The first kappa shape index (κ1) is 12.8. The van der Waals surface area contributed by atoms with Crippen molar-refractivity contribution in [2.24, 2.45) is 5.92 Å². The largest absolute Gasteiger partial charge is 0.310 e. The van der Waals surface area contributed by atoms with Crippen LogP contribution in [0.3, 0.4) is 0 Å². The second-order valence-corrected chi connectivity index (χ2v) is 5.63. The van der Waals surface area contributed by atoms with E-state index in [-0.39, 0.29) is 17.6 Å². The summed E-state index contributed by atoms with van der Waals surface area (Å²) in [7, 11) is 0. The van der Waals surface area contributed by atoms with E-state index in [2.05, 4.69) is 38.4 Å². The van der Waals surface area contributed by atoms with E-state index in [9.17, 15) is 9.18 Å². The molecule has 90 valence electrons. The van der Waals surface area contributed by atoms with Crippen LogP contribution in [0.5, 0.6) is 0 Å². The highest BCUT2D eigenvalue weighted by Crippen LogP contribution is 2.38. The van der Waals surface area contributed by atoms with Gasteiger partial charge in [0.2, 0.25) is 5.91 Å². The Kier molecular flexibility index (Phi) is 3.68. The number of hydrogen-bond donors (Lipinski definition) is 0. The van der Waals surface area contributed by atoms with Crippen LogP contribution in [0.1, 0.15) is 6.42 Å². The van der Waals surface area contributed by atoms with Gasteiger partial charge in [-0.1, -0.05) is 6.08 Å². The highest BCUT2D eigenvalue weighted by molar-refractivity contribution is 9.11. The molecule has 0 aliphatic carbocycles. The summed E-state index contributed by atoms with van der Waals surface area (Å²) < 4.78 is 14.3. The second kappa shape index (κ2) is 4.90. The normalized spacial score (nSPS) is 19.8. The third-order valence-corrected chi connectivity index (χ3v) is 3.95. The quantitative estimate of drug-likeness (QED) is 0.731. The van der Waals surface area contributed by atoms with Gasteiger partial charge in [-0.2, -0.15) is 0 Å². The molecular weight excluding hydrogens is 353 g/mol. The van der Waals surface area contributed by atoms with Gasteiger partial charge in [0.15, 0.2) is 0 Å². The number of carbonyl (C=O) groups is 1. The van der Waals surface area contributed by atoms with Crippen LogP contribution >= 0.6 is 31.9 Å². The minimum Gasteiger partial charge on any atom is -0.310 e. The molecule has 0 aromatic heterocycles. The molecule has 2 nitrogen and oxygen atoms in total. The van der Waals surface area contributed by atoms with Crippen molar-refractivity contribution in [3.05, 3.63) is 39.6 Å². The van der Waals surface area contributed by atoms with E-state index in [4.69, 9.17) is 0 Å². The number of halogens is 3. The van der Waals surface area contributed by atoms with Crippen LogP contribution < -0.4 is 4.90 Å². The van der Waals surface area contributed by atoms with Crippen LogP contribution in [0.15, 0.2) is 33.7 Å². The zero-order valence-corrected chi connectivity index (χ0v) is 12.1. The minimum atomic E-state index is -0.348. The molecule has 1 aliphatic rings. The molecule has 1 heterocycles. The maximum Gasteiger partial charge on any atom is 0.227 e. The van der Waals surface area contributed by atoms with E-state index in [1.165, 1.54) is 12.1 Å². The summed E-state index contributed by atoms with van der Waals surface area (Å²) >= 11 is 6.58. The van der Waals surface area contributed by atoms with Gasteiger partial charge in [0.25, 0.3) is 0 Å². The third kappa shape index (κ3) is 2.45. The van der Waals surface area contributed by atoms with Crippen LogP contribution in [0.25, 0.3) is 0 Å². The lowest BCUT2D eigenvalue weighted by atomic mass is 10.1. The lowest BCUT2D eigenvalue weighted by Gasteiger charge is -2.19. The number of carbonyl (C=O) groups excluding carboxylic acids is 1. The van der Waals surface area contributed by atoms with Crippen molar-refractivity contribution in [3.8, 4) is 0 Å². The van der Waals surface area contributed by atoms with Crippen molar-refractivity contribution in [1.29, 1.82) is 0 Å². The molecule has 0 spiro atoms. The summed E-state index contributed by atoms with van der Waals surface area (Å²) in [6.45, 7) is 4.29. The highest BCUT2D eigenvalue weighted by atomic mass is 79.9. The van der Waals surface area contributed by atoms with Crippen molar-refractivity contribution in [2.45, 2.75) is 6.42 Å². The monoisotopic (exact) mass is 361 g/mol. The minimum absolute atomic E-state index is 0.0305. The average molecular weight is 363 g/mol. The van der Waals surface area contributed by atoms with Gasteiger partial charge < -0.3 is 4.90 Å². The van der Waals surface area contributed by atoms with Gasteiger partial charge in [0, 0.05) is 27.8 Å². The number of nitrogens with zero attached hydrogens (tertiary/aromatic N) is 1. The molecule has 1 aromatic carbocycles. The Morgan fingerprint density at radius 1 is 1.41 bits per heavy atom. The van der Waals surface area contributed by atoms with Gasteiger partial charge in [-0.25, -0.2) is 4.39 Å². The van der Waals surface area contributed by atoms with E-state index in [0.29, 0.717) is 27.6 Å². The highest BCUT2D eigenvalue weighted by Gasteiger charge is 2.31. The Bertz CT molecular complexity index is 466. The molecule has 2 rings (SSSR count). The standard InChI is InChI=1S/C12H10Br2FNO/c1-2-7-3-11(17)16(6-7)12-9(13)4-8(15)5-10(12)14/h2,4-5,7H,1,3,6H2. The summed E-state index contributed by atoms with van der Waals surface area (Å²) in [6, 6.07) is 2.71. The predicted molar refractivity (Wildman–Crippen MR) is 72.5 cm³/mol. The van der Waals surface area contributed by atoms with Crippen LogP contribution in [-0.2, 0) is 4.79 Å². The van der Waals surface area contributed by atoms with Crippen molar-refractivity contribution >= 4 is 43.5 Å². The zero-order valence-electron chi connectivity index (χ0n) is 8.92. The first-order chi connectivity index (χ1) is 8.02. The van der Waals surface area contributed by atoms with E-state index in [1.807, 2.05) is 0 Å². The second-order valence-electron chi connectivity index (χ2n) is 3.92. The number of rotatable bonds is 2. The number of anilines is 1. The topological polar surface area (TPSA) is 20.3 Å². The summed E-state index contributed by atoms with van der Waals surface area (Å²) in [6.07, 6.45) is 2.24. The maximum absolute atomic E-state index is 13.2. The first-order valence-corrected chi connectivity index (χ1v) is 6.69. The van der Waals surface area contributed by atoms with E-state index in [1.54, 1.807) is 11.0 Å². The molecular formula is C12H10Br2FNO. The SMILES string of the molecule is C=CC1CC(=O)N(c2c(Br)cc(F)cc2Br)C1. The molecule has 0 bridgehead atoms. The molecule has 5 heteroatoms. The van der Waals surface area contributed by atoms with E-state index >= 15 is 0 Å². The van der Waals surface area contributed by atoms with Gasteiger partial charge in [-0.15, -0.1) is 6.58 Å². The van der Waals surface area contributed by atoms with Gasteiger partial charge in [-0.3, -0.25) is 4.79 Å². The summed E-state index contributed by atoms with van der Waals surface area (Å²) in [5.74, 6) is -0.159. The molecule has 1 saturated heterocycles. The molecule has 1 amide bonds. The lowest BCUT2D eigenvalue weighted by Crippen LogP contribution is -2.25. The van der Waals surface area contributed by atoms with Crippen LogP contribution in [-0.4, -0.2) is 12.5 Å². The Morgan fingerprint density at radius 2 is 2.00 bits per heavy atom. The van der Waals surface area contributed by atoms with Crippen molar-refractivity contribution < 1.29 is 9.18 Å². The first-order valence-electron chi connectivity index (χ1n) is 5.10. The smallest absolute Gasteiger partial charge is 0.227 e. The van der Waals surface area contributed by atoms with Crippen molar-refractivity contribution in [3.63, 3.8) is 0 Å². The van der Waals surface area contributed by atoms with Gasteiger partial charge in [0.05, 0.1) is 5.69 Å². The molecule has 1 aliphatic heterocycles. The van der Waals surface area contributed by atoms with Crippen LogP contribution in [0, 0.1) is 11.7 Å². The fourth-order valence-corrected chi connectivity index (χ4v) is 3.46. The van der Waals surface area contributed by atoms with Gasteiger partial charge in [0.1, 0.15) is 5.82 Å². The molecule has 0 saturated carbocycles. The summed E-state index contributed by atoms with van der Waals surface area (Å²) in [4.78, 5) is 13.5. The number of amides is 1. The average Bonchev–Trinajstić information content (AvgIpc) is 2.59. The summed E-state index contributed by atoms with van der Waals surface area (Å²) in [5.41, 5.74) is 0.681. The van der Waals surface area contributed by atoms with Crippen molar-refractivity contribution in [1.82, 2.24) is 0 Å². The Labute approximate surface area is 116 Å². The Morgan fingerprint density at radius 3 is 2.47 bits per heavy atom. The lowest BCUT2D eigenvalue weighted by molar-refractivity contribution is -0.117. The maximum atomic E-state index is 13.2. The van der Waals surface area contributed by atoms with Gasteiger partial charge >= 0.3 is 0 Å². The molecule has 1 atom stereocenters. The van der Waals surface area contributed by atoms with Crippen molar-refractivity contribution in [2.75, 3.05) is 11.4 Å². The molecule has 0 N–H and O–H groups in total. The van der Waals surface area contributed by atoms with E-state index < -0.39 is 0 Å².